The summed E-state index contributed by atoms with van der Waals surface area (Å²) >= 11 is 4.75. The van der Waals surface area contributed by atoms with Gasteiger partial charge in [0.2, 0.25) is 0 Å². The van der Waals surface area contributed by atoms with Crippen LogP contribution in [0.2, 0.25) is 0 Å². The molecule has 0 amide bonds. The van der Waals surface area contributed by atoms with Crippen LogP contribution < -0.4 is 17.1 Å². The molecule has 6 heteroatoms. The molecule has 0 aromatic rings. The van der Waals surface area contributed by atoms with E-state index in [9.17, 15) is 0 Å². The lowest BCUT2D eigenvalue weighted by atomic mass is 10.7. The lowest BCUT2D eigenvalue weighted by Crippen LogP contribution is -2.37. The molecule has 0 aliphatic carbocycles. The minimum Gasteiger partial charge on any atom is -0.470 e. The molecule has 0 fully saturated rings. The Morgan fingerprint density at radius 2 is 1.92 bits per heavy atom. The average molecular weight is 208 g/mol. The van der Waals surface area contributed by atoms with Crippen LogP contribution in [0.4, 0.5) is 0 Å². The third-order valence-corrected chi connectivity index (χ3v) is 1.40. The van der Waals surface area contributed by atoms with E-state index >= 15 is 0 Å². The molecule has 0 rings (SSSR count). The Bertz CT molecular complexity index is 121. The van der Waals surface area contributed by atoms with Gasteiger partial charge < -0.3 is 4.74 Å². The molecule has 0 aromatic heterocycles. The van der Waals surface area contributed by atoms with Crippen LogP contribution in [-0.4, -0.2) is 29.9 Å². The minimum atomic E-state index is 0.361. The fourth-order valence-electron chi connectivity index (χ4n) is 0.335. The van der Waals surface area contributed by atoms with E-state index < -0.39 is 0 Å². The molecule has 0 saturated carbocycles. The monoisotopic (exact) mass is 208 g/mol. The van der Waals surface area contributed by atoms with Crippen molar-refractivity contribution in [2.75, 3.05) is 19.7 Å². The molecule has 0 heterocycles. The Morgan fingerprint density at radius 3 is 2.15 bits per heavy atom. The van der Waals surface area contributed by atoms with Crippen LogP contribution in [0.5, 0.6) is 0 Å². The number of ether oxygens (including phenoxy) is 1. The van der Waals surface area contributed by atoms with E-state index in [0.29, 0.717) is 18.3 Å². The first-order chi connectivity index (χ1) is 6.13. The maximum atomic E-state index is 5.37. The largest absolute Gasteiger partial charge is 0.470 e. The quantitative estimate of drug-likeness (QED) is 0.343. The topological polar surface area (TPSA) is 76.5 Å². The number of nitrogens with zero attached hydrogens (tertiary/aromatic N) is 1. The molecule has 5 nitrogen and oxygen atoms in total. The van der Waals surface area contributed by atoms with E-state index in [0.717, 1.165) is 6.54 Å². The van der Waals surface area contributed by atoms with E-state index in [-0.39, 0.29) is 0 Å². The van der Waals surface area contributed by atoms with Crippen molar-refractivity contribution in [1.82, 2.24) is 10.4 Å². The number of nitrogens with two attached hydrogens (primary N) is 2. The lowest BCUT2D eigenvalue weighted by Gasteiger charge is -2.15. The maximum Gasteiger partial charge on any atom is 0.273 e. The van der Waals surface area contributed by atoms with Gasteiger partial charge >= 0.3 is 0 Å². The van der Waals surface area contributed by atoms with Gasteiger partial charge in [-0.15, -0.1) is 0 Å². The summed E-state index contributed by atoms with van der Waals surface area (Å²) in [6.45, 7) is 7.83. The summed E-state index contributed by atoms with van der Waals surface area (Å²) in [6.07, 6.45) is 0. The van der Waals surface area contributed by atoms with Crippen LogP contribution in [-0.2, 0) is 4.74 Å². The van der Waals surface area contributed by atoms with Crippen LogP contribution in [0.1, 0.15) is 20.8 Å². The summed E-state index contributed by atoms with van der Waals surface area (Å²) in [5.41, 5.74) is 2.43. The van der Waals surface area contributed by atoms with Gasteiger partial charge in [-0.3, -0.25) is 16.3 Å². The molecule has 0 unspecified atom stereocenters. The highest BCUT2D eigenvalue weighted by Gasteiger charge is 1.99. The zero-order valence-corrected chi connectivity index (χ0v) is 9.36. The molecular weight excluding hydrogens is 188 g/mol. The van der Waals surface area contributed by atoms with Gasteiger partial charge in [0.15, 0.2) is 0 Å². The molecule has 80 valence electrons. The third-order valence-electron chi connectivity index (χ3n) is 1.05. The van der Waals surface area contributed by atoms with E-state index in [1.807, 2.05) is 20.8 Å². The predicted molar refractivity (Wildman–Crippen MR) is 58.7 cm³/mol. The molecular formula is C7H20N4OS. The van der Waals surface area contributed by atoms with Gasteiger partial charge in [-0.25, -0.2) is 5.84 Å². The van der Waals surface area contributed by atoms with Gasteiger partial charge in [-0.2, -0.15) is 0 Å². The van der Waals surface area contributed by atoms with Crippen LogP contribution in [0, 0.1) is 0 Å². The number of rotatable bonds is 3. The number of nitrogens with one attached hydrogen (secondary N) is 1. The normalized spacial score (nSPS) is 8.38. The van der Waals surface area contributed by atoms with Gasteiger partial charge in [0.1, 0.15) is 0 Å². The van der Waals surface area contributed by atoms with Gasteiger partial charge in [0, 0.05) is 13.1 Å². The van der Waals surface area contributed by atoms with E-state index in [1.165, 1.54) is 5.01 Å². The van der Waals surface area contributed by atoms with Crippen LogP contribution in [0.15, 0.2) is 0 Å². The van der Waals surface area contributed by atoms with E-state index in [4.69, 9.17) is 28.6 Å². The van der Waals surface area contributed by atoms with Crippen molar-refractivity contribution < 1.29 is 4.74 Å². The second-order valence-corrected chi connectivity index (χ2v) is 2.39. The van der Waals surface area contributed by atoms with Crippen molar-refractivity contribution in [1.29, 1.82) is 0 Å². The highest BCUT2D eigenvalue weighted by atomic mass is 32.1. The summed E-state index contributed by atoms with van der Waals surface area (Å²) in [7, 11) is 0. The SMILES string of the molecule is CCNN.CCOC(=S)N(N)CC. The first-order valence-corrected chi connectivity index (χ1v) is 4.67. The van der Waals surface area contributed by atoms with Crippen LogP contribution in [0.25, 0.3) is 0 Å². The Kier molecular flexibility index (Phi) is 13.4. The number of hydrazine groups is 2. The fourth-order valence-corrected chi connectivity index (χ4v) is 0.582. The Balaban J connectivity index is 0. The Morgan fingerprint density at radius 1 is 1.46 bits per heavy atom. The first-order valence-electron chi connectivity index (χ1n) is 4.26. The second-order valence-electron chi connectivity index (χ2n) is 2.04. The van der Waals surface area contributed by atoms with Crippen molar-refractivity contribution >= 4 is 17.4 Å². The van der Waals surface area contributed by atoms with Gasteiger partial charge in [0.25, 0.3) is 5.17 Å². The highest BCUT2D eigenvalue weighted by molar-refractivity contribution is 7.79. The second kappa shape index (κ2) is 11.6. The number of hydrogen-bond donors (Lipinski definition) is 3. The summed E-state index contributed by atoms with van der Waals surface area (Å²) in [4.78, 5) is 0. The molecule has 0 atom stereocenters. The molecule has 0 radical (unpaired) electrons. The number of thiocarbonyl (C=S) groups is 1. The van der Waals surface area contributed by atoms with Gasteiger partial charge in [-0.05, 0) is 26.1 Å². The van der Waals surface area contributed by atoms with Crippen molar-refractivity contribution in [3.63, 3.8) is 0 Å². The van der Waals surface area contributed by atoms with Crippen molar-refractivity contribution in [3.05, 3.63) is 0 Å². The van der Waals surface area contributed by atoms with E-state index in [2.05, 4.69) is 5.43 Å². The average Bonchev–Trinajstić information content (AvgIpc) is 2.17. The Hall–Kier alpha value is -0.430. The van der Waals surface area contributed by atoms with Crippen LogP contribution >= 0.6 is 12.2 Å². The minimum absolute atomic E-state index is 0.361. The van der Waals surface area contributed by atoms with Crippen molar-refractivity contribution in [3.8, 4) is 0 Å². The molecule has 13 heavy (non-hydrogen) atoms. The number of hydrogen-bond acceptors (Lipinski definition) is 5. The van der Waals surface area contributed by atoms with Crippen molar-refractivity contribution in [2.24, 2.45) is 11.7 Å². The summed E-state index contributed by atoms with van der Waals surface area (Å²) < 4.78 is 4.93. The summed E-state index contributed by atoms with van der Waals surface area (Å²) in [5, 5.41) is 1.75. The molecule has 0 aliphatic heterocycles. The molecule has 0 aliphatic rings. The van der Waals surface area contributed by atoms with Gasteiger partial charge in [0.05, 0.1) is 6.61 Å². The highest BCUT2D eigenvalue weighted by Crippen LogP contribution is 1.85. The smallest absolute Gasteiger partial charge is 0.273 e. The summed E-state index contributed by atoms with van der Waals surface area (Å²) in [6, 6.07) is 0. The van der Waals surface area contributed by atoms with Crippen molar-refractivity contribution in [2.45, 2.75) is 20.8 Å². The molecule has 5 N–H and O–H groups in total. The van der Waals surface area contributed by atoms with Crippen LogP contribution in [0.3, 0.4) is 0 Å². The maximum absolute atomic E-state index is 5.37. The summed E-state index contributed by atoms with van der Waals surface area (Å²) in [5.74, 6) is 10.1. The molecule has 0 saturated heterocycles. The molecule has 0 spiro atoms. The zero-order valence-electron chi connectivity index (χ0n) is 8.54. The standard InChI is InChI=1S/C5H12N2OS.C2H8N2/c1-3-7(6)5(9)8-4-2;1-2-4-3/h3-4,6H2,1-2H3;4H,2-3H2,1H3. The zero-order chi connectivity index (χ0) is 10.7. The van der Waals surface area contributed by atoms with E-state index in [1.54, 1.807) is 0 Å². The fraction of sp³-hybridized carbons (Fsp3) is 0.857. The molecule has 0 aromatic carbocycles. The van der Waals surface area contributed by atoms with Gasteiger partial charge in [-0.1, -0.05) is 6.92 Å². The first kappa shape index (κ1) is 15.1. The third kappa shape index (κ3) is 11.6. The molecule has 0 bridgehead atoms. The lowest BCUT2D eigenvalue weighted by molar-refractivity contribution is 0.262. The predicted octanol–water partition coefficient (Wildman–Crippen LogP) is -0.0270. The Labute approximate surface area is 85.3 Å².